The monoisotopic (exact) mass is 144 g/mol. The standard InChI is InChI=1S/C9H20.CH4/c1-4-6-8-9(3)7-5-2;/h9H,4-8H2,1-3H3;1H4. The average Bonchev–Trinajstić information content (AvgIpc) is 1.85. The molecule has 1 atom stereocenters. The Hall–Kier alpha value is 0. The zero-order valence-electron chi connectivity index (χ0n) is 7.11. The van der Waals surface area contributed by atoms with E-state index in [1.54, 1.807) is 0 Å². The third-order valence-electron chi connectivity index (χ3n) is 1.83. The Kier molecular flexibility index (Phi) is 11.4. The van der Waals surface area contributed by atoms with Gasteiger partial charge < -0.3 is 0 Å². The Morgan fingerprint density at radius 3 is 2.00 bits per heavy atom. The highest BCUT2D eigenvalue weighted by Gasteiger charge is 1.97. The molecule has 0 aromatic carbocycles. The summed E-state index contributed by atoms with van der Waals surface area (Å²) in [7, 11) is 0. The van der Waals surface area contributed by atoms with Gasteiger partial charge in [0.15, 0.2) is 0 Å². The summed E-state index contributed by atoms with van der Waals surface area (Å²) in [6.07, 6.45) is 6.98. The Balaban J connectivity index is 0. The lowest BCUT2D eigenvalue weighted by Gasteiger charge is -2.07. The molecule has 0 saturated heterocycles. The van der Waals surface area contributed by atoms with Crippen LogP contribution in [-0.2, 0) is 0 Å². The zero-order chi connectivity index (χ0) is 7.11. The molecular weight excluding hydrogens is 120 g/mol. The van der Waals surface area contributed by atoms with Gasteiger partial charge in [0.1, 0.15) is 0 Å². The molecule has 64 valence electrons. The van der Waals surface area contributed by atoms with Crippen molar-refractivity contribution in [1.29, 1.82) is 0 Å². The Morgan fingerprint density at radius 1 is 1.00 bits per heavy atom. The maximum atomic E-state index is 2.36. The fraction of sp³-hybridized carbons (Fsp3) is 1.00. The van der Waals surface area contributed by atoms with Crippen LogP contribution in [0.5, 0.6) is 0 Å². The first kappa shape index (κ1) is 12.7. The van der Waals surface area contributed by atoms with E-state index < -0.39 is 0 Å². The minimum atomic E-state index is 0. The minimum Gasteiger partial charge on any atom is -0.0776 e. The first-order valence-electron chi connectivity index (χ1n) is 4.31. The van der Waals surface area contributed by atoms with Crippen molar-refractivity contribution in [2.45, 2.75) is 60.3 Å². The van der Waals surface area contributed by atoms with Crippen LogP contribution in [0.3, 0.4) is 0 Å². The summed E-state index contributed by atoms with van der Waals surface area (Å²) < 4.78 is 0. The lowest BCUT2D eigenvalue weighted by Crippen LogP contribution is -1.92. The molecule has 0 heterocycles. The molecule has 0 fully saturated rings. The van der Waals surface area contributed by atoms with E-state index in [0.29, 0.717) is 0 Å². The first-order valence-corrected chi connectivity index (χ1v) is 4.31. The number of hydrogen-bond acceptors (Lipinski definition) is 0. The first-order chi connectivity index (χ1) is 4.31. The van der Waals surface area contributed by atoms with Crippen molar-refractivity contribution in [2.75, 3.05) is 0 Å². The molecule has 0 aliphatic heterocycles. The van der Waals surface area contributed by atoms with Gasteiger partial charge in [-0.25, -0.2) is 0 Å². The van der Waals surface area contributed by atoms with E-state index in [4.69, 9.17) is 0 Å². The Morgan fingerprint density at radius 2 is 1.60 bits per heavy atom. The van der Waals surface area contributed by atoms with Crippen LogP contribution in [0.2, 0.25) is 0 Å². The number of rotatable bonds is 5. The summed E-state index contributed by atoms with van der Waals surface area (Å²) in [5.74, 6) is 0.968. The highest BCUT2D eigenvalue weighted by atomic mass is 14.0. The second-order valence-electron chi connectivity index (χ2n) is 3.04. The predicted molar refractivity (Wildman–Crippen MR) is 50.3 cm³/mol. The van der Waals surface area contributed by atoms with Gasteiger partial charge in [0.2, 0.25) is 0 Å². The van der Waals surface area contributed by atoms with Crippen molar-refractivity contribution < 1.29 is 0 Å². The minimum absolute atomic E-state index is 0. The molecule has 0 aromatic heterocycles. The van der Waals surface area contributed by atoms with Gasteiger partial charge in [0.05, 0.1) is 0 Å². The van der Waals surface area contributed by atoms with Crippen LogP contribution in [0.25, 0.3) is 0 Å². The van der Waals surface area contributed by atoms with Crippen molar-refractivity contribution in [3.63, 3.8) is 0 Å². The summed E-state index contributed by atoms with van der Waals surface area (Å²) in [4.78, 5) is 0. The summed E-state index contributed by atoms with van der Waals surface area (Å²) in [5.41, 5.74) is 0. The average molecular weight is 144 g/mol. The van der Waals surface area contributed by atoms with Crippen LogP contribution in [0, 0.1) is 5.92 Å². The van der Waals surface area contributed by atoms with Crippen LogP contribution < -0.4 is 0 Å². The lowest BCUT2D eigenvalue weighted by atomic mass is 10.00. The molecule has 0 aromatic rings. The van der Waals surface area contributed by atoms with E-state index in [1.807, 2.05) is 0 Å². The highest BCUT2D eigenvalue weighted by molar-refractivity contribution is 4.50. The van der Waals surface area contributed by atoms with Crippen LogP contribution in [-0.4, -0.2) is 0 Å². The third-order valence-corrected chi connectivity index (χ3v) is 1.83. The summed E-state index contributed by atoms with van der Waals surface area (Å²) in [6.45, 7) is 6.89. The third kappa shape index (κ3) is 8.00. The van der Waals surface area contributed by atoms with Gasteiger partial charge in [0.25, 0.3) is 0 Å². The van der Waals surface area contributed by atoms with Gasteiger partial charge in [-0.3, -0.25) is 0 Å². The summed E-state index contributed by atoms with van der Waals surface area (Å²) >= 11 is 0. The Bertz CT molecular complexity index is 48.0. The van der Waals surface area contributed by atoms with E-state index in [-0.39, 0.29) is 7.43 Å². The van der Waals surface area contributed by atoms with Gasteiger partial charge in [-0.15, -0.1) is 0 Å². The maximum absolute atomic E-state index is 2.36. The maximum Gasteiger partial charge on any atom is -0.0443 e. The molecule has 0 bridgehead atoms. The quantitative estimate of drug-likeness (QED) is 0.541. The number of hydrogen-bond donors (Lipinski definition) is 0. The van der Waals surface area contributed by atoms with Crippen LogP contribution >= 0.6 is 0 Å². The SMILES string of the molecule is C.CCCCC(C)CCC. The topological polar surface area (TPSA) is 0 Å². The molecule has 1 unspecified atom stereocenters. The van der Waals surface area contributed by atoms with Gasteiger partial charge in [-0.2, -0.15) is 0 Å². The normalized spacial score (nSPS) is 12.3. The van der Waals surface area contributed by atoms with Crippen LogP contribution in [0.4, 0.5) is 0 Å². The summed E-state index contributed by atoms with van der Waals surface area (Å²) in [6, 6.07) is 0. The molecule has 0 nitrogen and oxygen atoms in total. The largest absolute Gasteiger partial charge is 0.0776 e. The van der Waals surface area contributed by atoms with Crippen molar-refractivity contribution in [2.24, 2.45) is 5.92 Å². The van der Waals surface area contributed by atoms with Gasteiger partial charge >= 0.3 is 0 Å². The van der Waals surface area contributed by atoms with Crippen LogP contribution in [0.15, 0.2) is 0 Å². The van der Waals surface area contributed by atoms with Crippen molar-refractivity contribution >= 4 is 0 Å². The van der Waals surface area contributed by atoms with Crippen LogP contribution in [0.1, 0.15) is 60.3 Å². The van der Waals surface area contributed by atoms with Crippen molar-refractivity contribution in [3.8, 4) is 0 Å². The molecule has 0 N–H and O–H groups in total. The van der Waals surface area contributed by atoms with Gasteiger partial charge in [0, 0.05) is 0 Å². The summed E-state index contributed by atoms with van der Waals surface area (Å²) in [5, 5.41) is 0. The molecule has 0 amide bonds. The molecule has 0 spiro atoms. The molecule has 0 aliphatic rings. The van der Waals surface area contributed by atoms with E-state index in [2.05, 4.69) is 20.8 Å². The van der Waals surface area contributed by atoms with E-state index in [9.17, 15) is 0 Å². The number of unbranched alkanes of at least 4 members (excludes halogenated alkanes) is 1. The smallest absolute Gasteiger partial charge is 0.0443 e. The zero-order valence-corrected chi connectivity index (χ0v) is 7.11. The van der Waals surface area contributed by atoms with E-state index in [1.165, 1.54) is 32.1 Å². The molecule has 0 rings (SSSR count). The fourth-order valence-electron chi connectivity index (χ4n) is 1.19. The predicted octanol–water partition coefficient (Wildman–Crippen LogP) is 4.25. The molecule has 0 aliphatic carbocycles. The fourth-order valence-corrected chi connectivity index (χ4v) is 1.19. The molecule has 0 heteroatoms. The second kappa shape index (κ2) is 9.00. The molecule has 10 heavy (non-hydrogen) atoms. The van der Waals surface area contributed by atoms with Crippen molar-refractivity contribution in [1.82, 2.24) is 0 Å². The molecule has 0 radical (unpaired) electrons. The van der Waals surface area contributed by atoms with E-state index >= 15 is 0 Å². The van der Waals surface area contributed by atoms with Gasteiger partial charge in [-0.1, -0.05) is 60.3 Å². The van der Waals surface area contributed by atoms with E-state index in [0.717, 1.165) is 5.92 Å². The highest BCUT2D eigenvalue weighted by Crippen LogP contribution is 2.12. The second-order valence-corrected chi connectivity index (χ2v) is 3.04. The lowest BCUT2D eigenvalue weighted by molar-refractivity contribution is 0.466. The van der Waals surface area contributed by atoms with Crippen molar-refractivity contribution in [3.05, 3.63) is 0 Å². The molecule has 0 saturated carbocycles. The Labute approximate surface area is 67.0 Å². The van der Waals surface area contributed by atoms with Gasteiger partial charge in [-0.05, 0) is 5.92 Å². The molecular formula is C10H24.